The fourth-order valence-corrected chi connectivity index (χ4v) is 4.91. The Labute approximate surface area is 153 Å². The number of rotatable bonds is 6. The maximum atomic E-state index is 12.7. The number of hydrogen-bond donors (Lipinski definition) is 1. The first-order chi connectivity index (χ1) is 12.2. The van der Waals surface area contributed by atoms with Crippen LogP contribution in [-0.4, -0.2) is 45.1 Å². The van der Waals surface area contributed by atoms with E-state index in [1.54, 1.807) is 18.2 Å². The second kappa shape index (κ2) is 7.62. The first-order valence-electron chi connectivity index (χ1n) is 8.79. The molecule has 3 rings (SSSR count). The average molecular weight is 386 g/mol. The lowest BCUT2D eigenvalue weighted by atomic mass is 9.97. The Morgan fingerprint density at radius 3 is 2.69 bits per heavy atom. The molecular formula is C18H24F2N2O3S. The van der Waals surface area contributed by atoms with Crippen molar-refractivity contribution in [3.63, 3.8) is 0 Å². The number of alkyl halides is 2. The zero-order chi connectivity index (χ0) is 18.9. The summed E-state index contributed by atoms with van der Waals surface area (Å²) in [5, 5.41) is 0. The Bertz CT molecular complexity index is 794. The largest absolute Gasteiger partial charge is 0.435 e. The second-order valence-electron chi connectivity index (χ2n) is 7.05. The Balaban J connectivity index is 1.72. The van der Waals surface area contributed by atoms with Crippen LogP contribution in [0.4, 0.5) is 8.78 Å². The molecule has 26 heavy (non-hydrogen) atoms. The van der Waals surface area contributed by atoms with Crippen molar-refractivity contribution in [2.24, 2.45) is 0 Å². The summed E-state index contributed by atoms with van der Waals surface area (Å²) in [5.41, 5.74) is 1.54. The third kappa shape index (κ3) is 4.42. The quantitative estimate of drug-likeness (QED) is 0.817. The van der Waals surface area contributed by atoms with E-state index in [4.69, 9.17) is 0 Å². The summed E-state index contributed by atoms with van der Waals surface area (Å²) in [6, 6.07) is 4.92. The number of benzene rings is 1. The molecule has 0 spiro atoms. The molecular weight excluding hydrogens is 362 g/mol. The van der Waals surface area contributed by atoms with Crippen molar-refractivity contribution in [2.75, 3.05) is 13.1 Å². The van der Waals surface area contributed by atoms with Gasteiger partial charge in [0.2, 0.25) is 10.0 Å². The van der Waals surface area contributed by atoms with Gasteiger partial charge in [-0.2, -0.15) is 8.78 Å². The molecule has 0 aromatic heterocycles. The molecule has 144 valence electrons. The number of nitrogens with zero attached hydrogens (tertiary/aromatic N) is 1. The van der Waals surface area contributed by atoms with Gasteiger partial charge in [-0.1, -0.05) is 6.07 Å². The molecule has 0 saturated carbocycles. The Kier molecular flexibility index (Phi) is 5.64. The van der Waals surface area contributed by atoms with Gasteiger partial charge in [0.15, 0.2) is 0 Å². The number of likely N-dealkylation sites (tertiary alicyclic amines) is 1. The van der Waals surface area contributed by atoms with Crippen LogP contribution in [-0.2, 0) is 16.4 Å². The van der Waals surface area contributed by atoms with E-state index in [1.807, 2.05) is 0 Å². The lowest BCUT2D eigenvalue weighted by molar-refractivity contribution is -0.0498. The predicted octanol–water partition coefficient (Wildman–Crippen LogP) is 2.98. The molecule has 0 bridgehead atoms. The van der Waals surface area contributed by atoms with Crippen LogP contribution in [0.3, 0.4) is 0 Å². The van der Waals surface area contributed by atoms with Gasteiger partial charge >= 0.3 is 6.61 Å². The van der Waals surface area contributed by atoms with Crippen LogP contribution in [0.5, 0.6) is 5.75 Å². The average Bonchev–Trinajstić information content (AvgIpc) is 3.01. The van der Waals surface area contributed by atoms with Crippen LogP contribution in [0.25, 0.3) is 6.08 Å². The molecule has 1 aliphatic heterocycles. The molecule has 0 unspecified atom stereocenters. The summed E-state index contributed by atoms with van der Waals surface area (Å²) < 4.78 is 57.3. The van der Waals surface area contributed by atoms with E-state index in [-0.39, 0.29) is 11.8 Å². The van der Waals surface area contributed by atoms with Crippen molar-refractivity contribution in [1.29, 1.82) is 0 Å². The minimum absolute atomic E-state index is 0.0773. The van der Waals surface area contributed by atoms with Crippen molar-refractivity contribution in [3.05, 3.63) is 34.2 Å². The fourth-order valence-electron chi connectivity index (χ4n) is 3.48. The molecule has 1 aromatic rings. The van der Waals surface area contributed by atoms with Gasteiger partial charge in [-0.05, 0) is 62.4 Å². The maximum absolute atomic E-state index is 12.7. The van der Waals surface area contributed by atoms with Gasteiger partial charge in [0, 0.05) is 25.2 Å². The molecule has 8 heteroatoms. The van der Waals surface area contributed by atoms with E-state index in [9.17, 15) is 17.2 Å². The zero-order valence-electron chi connectivity index (χ0n) is 14.9. The van der Waals surface area contributed by atoms with Crippen LogP contribution in [0, 0.1) is 0 Å². The summed E-state index contributed by atoms with van der Waals surface area (Å²) in [4.78, 5) is 2.60. The van der Waals surface area contributed by atoms with Gasteiger partial charge in [-0.3, -0.25) is 4.90 Å². The fraction of sp³-hybridized carbons (Fsp3) is 0.556. The number of allylic oxidation sites excluding steroid dienone is 1. The minimum Gasteiger partial charge on any atom is -0.435 e. The third-order valence-electron chi connectivity index (χ3n) is 4.91. The van der Waals surface area contributed by atoms with Crippen molar-refractivity contribution in [1.82, 2.24) is 9.62 Å². The van der Waals surface area contributed by atoms with Crippen molar-refractivity contribution < 1.29 is 21.9 Å². The predicted molar refractivity (Wildman–Crippen MR) is 96.5 cm³/mol. The van der Waals surface area contributed by atoms with Crippen LogP contribution >= 0.6 is 0 Å². The zero-order valence-corrected chi connectivity index (χ0v) is 15.7. The first kappa shape index (κ1) is 19.3. The van der Waals surface area contributed by atoms with E-state index in [1.165, 1.54) is 6.07 Å². The van der Waals surface area contributed by atoms with E-state index < -0.39 is 16.6 Å². The molecule has 1 fully saturated rings. The molecule has 1 heterocycles. The van der Waals surface area contributed by atoms with Crippen LogP contribution in [0.15, 0.2) is 23.1 Å². The molecule has 1 atom stereocenters. The number of nitrogens with one attached hydrogen (secondary N) is 1. The number of hydrogen-bond acceptors (Lipinski definition) is 4. The highest BCUT2D eigenvalue weighted by Crippen LogP contribution is 2.30. The standard InChI is InChI=1S/C18H24F2N2O3S/c1-12(2)22-8-7-15(11-22)21-26(23,24)17-6-4-13-9-16(25-18(19)20)5-3-14(13)10-17/h3,5,9-10,12,15,18,21H,4,6-8,11H2,1-2H3/t15-/m0/s1. The highest BCUT2D eigenvalue weighted by molar-refractivity contribution is 7.93. The van der Waals surface area contributed by atoms with Crippen molar-refractivity contribution in [3.8, 4) is 5.75 Å². The molecule has 1 saturated heterocycles. The summed E-state index contributed by atoms with van der Waals surface area (Å²) >= 11 is 0. The van der Waals surface area contributed by atoms with E-state index >= 15 is 0 Å². The number of sulfonamides is 1. The van der Waals surface area contributed by atoms with Crippen LogP contribution in [0.1, 0.15) is 37.8 Å². The van der Waals surface area contributed by atoms with E-state index in [2.05, 4.69) is 28.2 Å². The van der Waals surface area contributed by atoms with Gasteiger partial charge in [0.1, 0.15) is 5.75 Å². The number of fused-ring (bicyclic) bond motifs is 1. The smallest absolute Gasteiger partial charge is 0.387 e. The van der Waals surface area contributed by atoms with Gasteiger partial charge in [-0.15, -0.1) is 0 Å². The third-order valence-corrected chi connectivity index (χ3v) is 6.57. The molecule has 0 radical (unpaired) electrons. The second-order valence-corrected chi connectivity index (χ2v) is 8.81. The minimum atomic E-state index is -3.55. The molecule has 0 amide bonds. The first-order valence-corrected chi connectivity index (χ1v) is 10.3. The summed E-state index contributed by atoms with van der Waals surface area (Å²) in [7, 11) is -3.55. The van der Waals surface area contributed by atoms with Gasteiger partial charge < -0.3 is 4.74 Å². The molecule has 5 nitrogen and oxygen atoms in total. The topological polar surface area (TPSA) is 58.6 Å². The maximum Gasteiger partial charge on any atom is 0.387 e. The molecule has 2 aliphatic rings. The monoisotopic (exact) mass is 386 g/mol. The van der Waals surface area contributed by atoms with Gasteiger partial charge in [-0.25, -0.2) is 13.1 Å². The molecule has 1 N–H and O–H groups in total. The normalized spacial score (nSPS) is 21.2. The SMILES string of the molecule is CC(C)N1CC[C@H](NS(=O)(=O)C2=Cc3ccc(OC(F)F)cc3CC2)C1. The van der Waals surface area contributed by atoms with E-state index in [0.29, 0.717) is 23.8 Å². The number of aryl methyl sites for hydroxylation is 1. The summed E-state index contributed by atoms with van der Waals surface area (Å²) in [6.07, 6.45) is 3.25. The number of ether oxygens (including phenoxy) is 1. The summed E-state index contributed by atoms with van der Waals surface area (Å²) in [6.45, 7) is 2.94. The lowest BCUT2D eigenvalue weighted by Gasteiger charge is -2.22. The molecule has 1 aliphatic carbocycles. The van der Waals surface area contributed by atoms with Crippen molar-refractivity contribution >= 4 is 16.1 Å². The van der Waals surface area contributed by atoms with E-state index in [0.717, 1.165) is 30.6 Å². The number of halogens is 2. The van der Waals surface area contributed by atoms with Gasteiger partial charge in [0.05, 0.1) is 4.91 Å². The Hall–Kier alpha value is -1.51. The summed E-state index contributed by atoms with van der Waals surface area (Å²) in [5.74, 6) is 0.0938. The molecule has 1 aromatic carbocycles. The highest BCUT2D eigenvalue weighted by Gasteiger charge is 2.30. The van der Waals surface area contributed by atoms with Crippen molar-refractivity contribution in [2.45, 2.75) is 51.8 Å². The Morgan fingerprint density at radius 1 is 1.27 bits per heavy atom. The Morgan fingerprint density at radius 2 is 2.04 bits per heavy atom. The lowest BCUT2D eigenvalue weighted by Crippen LogP contribution is -2.39. The van der Waals surface area contributed by atoms with Gasteiger partial charge in [0.25, 0.3) is 0 Å². The highest BCUT2D eigenvalue weighted by atomic mass is 32.2. The van der Waals surface area contributed by atoms with Crippen LogP contribution < -0.4 is 9.46 Å². The van der Waals surface area contributed by atoms with Crippen LogP contribution in [0.2, 0.25) is 0 Å².